The molecule has 1 aromatic heterocycles. The highest BCUT2D eigenvalue weighted by molar-refractivity contribution is 8.00. The summed E-state index contributed by atoms with van der Waals surface area (Å²) in [6.45, 7) is 4.90. The summed E-state index contributed by atoms with van der Waals surface area (Å²) in [5, 5.41) is 20.2. The van der Waals surface area contributed by atoms with E-state index in [9.17, 15) is 14.7 Å². The van der Waals surface area contributed by atoms with Gasteiger partial charge in [-0.05, 0) is 36.6 Å². The van der Waals surface area contributed by atoms with Crippen LogP contribution in [-0.2, 0) is 15.3 Å². The van der Waals surface area contributed by atoms with Gasteiger partial charge in [-0.2, -0.15) is 0 Å². The summed E-state index contributed by atoms with van der Waals surface area (Å²) in [7, 11) is 0. The van der Waals surface area contributed by atoms with Crippen LogP contribution in [0.4, 0.5) is 5.13 Å². The van der Waals surface area contributed by atoms with E-state index < -0.39 is 17.7 Å². The van der Waals surface area contributed by atoms with Gasteiger partial charge in [0, 0.05) is 11.3 Å². The molecule has 1 atom stereocenters. The standard InChI is InChI=1S/C32H31N3O5S2/c1-3-5-18-40-24-17-16-23(19-25(24)39-4-2)27-26(28(36)22-14-10-7-11-15-22)29(37)30(38)35(27)31-33-34-32(42-31)41-20-21-12-8-6-9-13-21/h6-17,19,27,36H,3-5,18,20H2,1-2H3. The van der Waals surface area contributed by atoms with E-state index >= 15 is 0 Å². The minimum Gasteiger partial charge on any atom is -0.507 e. The van der Waals surface area contributed by atoms with Crippen molar-refractivity contribution in [3.05, 3.63) is 101 Å². The van der Waals surface area contributed by atoms with Crippen LogP contribution in [0.25, 0.3) is 5.76 Å². The molecule has 4 aromatic rings. The van der Waals surface area contributed by atoms with Crippen molar-refractivity contribution in [3.63, 3.8) is 0 Å². The van der Waals surface area contributed by atoms with Crippen LogP contribution in [0.5, 0.6) is 11.5 Å². The van der Waals surface area contributed by atoms with Crippen molar-refractivity contribution in [2.75, 3.05) is 18.1 Å². The van der Waals surface area contributed by atoms with Gasteiger partial charge in [0.2, 0.25) is 5.13 Å². The fraction of sp³-hybridized carbons (Fsp3) is 0.250. The highest BCUT2D eigenvalue weighted by atomic mass is 32.2. The number of ether oxygens (including phenoxy) is 2. The highest BCUT2D eigenvalue weighted by Crippen LogP contribution is 2.45. The van der Waals surface area contributed by atoms with Crippen LogP contribution in [0.1, 0.15) is 49.4 Å². The summed E-state index contributed by atoms with van der Waals surface area (Å²) in [5.74, 6) is -0.0860. The molecule has 10 heteroatoms. The Labute approximate surface area is 253 Å². The van der Waals surface area contributed by atoms with E-state index in [0.717, 1.165) is 18.4 Å². The molecule has 0 radical (unpaired) electrons. The lowest BCUT2D eigenvalue weighted by Gasteiger charge is -2.23. The predicted molar refractivity (Wildman–Crippen MR) is 165 cm³/mol. The van der Waals surface area contributed by atoms with Crippen LogP contribution in [0.15, 0.2) is 88.8 Å². The first-order valence-electron chi connectivity index (χ1n) is 13.8. The second kappa shape index (κ2) is 13.7. The Morgan fingerprint density at radius 2 is 1.69 bits per heavy atom. The van der Waals surface area contributed by atoms with Crippen LogP contribution >= 0.6 is 23.1 Å². The molecule has 1 amide bonds. The van der Waals surface area contributed by atoms with Gasteiger partial charge >= 0.3 is 5.91 Å². The molecule has 0 spiro atoms. The van der Waals surface area contributed by atoms with Crippen molar-refractivity contribution in [3.8, 4) is 11.5 Å². The number of aliphatic hydroxyl groups is 1. The van der Waals surface area contributed by atoms with E-state index in [1.807, 2.05) is 43.3 Å². The molecule has 1 saturated heterocycles. The maximum Gasteiger partial charge on any atom is 0.301 e. The first-order valence-corrected chi connectivity index (χ1v) is 15.6. The Kier molecular flexibility index (Phi) is 9.55. The van der Waals surface area contributed by atoms with Crippen LogP contribution in [0.3, 0.4) is 0 Å². The second-order valence-corrected chi connectivity index (χ2v) is 11.7. The Morgan fingerprint density at radius 3 is 2.40 bits per heavy atom. The normalized spacial score (nSPS) is 16.1. The zero-order valence-corrected chi connectivity index (χ0v) is 25.0. The van der Waals surface area contributed by atoms with E-state index in [1.165, 1.54) is 28.0 Å². The van der Waals surface area contributed by atoms with Crippen molar-refractivity contribution in [2.24, 2.45) is 0 Å². The maximum atomic E-state index is 13.6. The van der Waals surface area contributed by atoms with E-state index in [4.69, 9.17) is 9.47 Å². The van der Waals surface area contributed by atoms with E-state index in [0.29, 0.717) is 45.9 Å². The van der Waals surface area contributed by atoms with E-state index in [1.54, 1.807) is 42.5 Å². The SMILES string of the molecule is CCCCOc1ccc(C2C(=C(O)c3ccccc3)C(=O)C(=O)N2c2nnc(SCc3ccccc3)s2)cc1OCC. The number of anilines is 1. The number of hydrogen-bond donors (Lipinski definition) is 1. The average molecular weight is 602 g/mol. The number of amides is 1. The number of carbonyl (C=O) groups excluding carboxylic acids is 2. The summed E-state index contributed by atoms with van der Waals surface area (Å²) in [6, 6.07) is 23.1. The lowest BCUT2D eigenvalue weighted by Crippen LogP contribution is -2.29. The summed E-state index contributed by atoms with van der Waals surface area (Å²) >= 11 is 2.73. The van der Waals surface area contributed by atoms with Crippen molar-refractivity contribution >= 4 is 45.7 Å². The molecule has 1 N–H and O–H groups in total. The summed E-state index contributed by atoms with van der Waals surface area (Å²) in [4.78, 5) is 28.4. The minimum atomic E-state index is -0.950. The largest absolute Gasteiger partial charge is 0.507 e. The fourth-order valence-electron chi connectivity index (χ4n) is 4.58. The number of nitrogens with zero attached hydrogens (tertiary/aromatic N) is 3. The zero-order chi connectivity index (χ0) is 29.5. The topological polar surface area (TPSA) is 102 Å². The molecule has 2 heterocycles. The number of aliphatic hydroxyl groups excluding tert-OH is 1. The third-order valence-electron chi connectivity index (χ3n) is 6.64. The number of aromatic nitrogens is 2. The van der Waals surface area contributed by atoms with Gasteiger partial charge in [0.15, 0.2) is 15.8 Å². The number of thioether (sulfide) groups is 1. The number of Topliss-reactive ketones (excluding diaryl/α,β-unsaturated/α-hetero) is 1. The van der Waals surface area contributed by atoms with Crippen molar-refractivity contribution in [2.45, 2.75) is 42.8 Å². The molecule has 5 rings (SSSR count). The summed E-state index contributed by atoms with van der Waals surface area (Å²) in [5.41, 5.74) is 2.11. The molecule has 1 aliphatic rings. The van der Waals surface area contributed by atoms with Gasteiger partial charge in [-0.15, -0.1) is 10.2 Å². The third-order valence-corrected chi connectivity index (χ3v) is 8.76. The zero-order valence-electron chi connectivity index (χ0n) is 23.4. The molecule has 1 aliphatic heterocycles. The first kappa shape index (κ1) is 29.3. The summed E-state index contributed by atoms with van der Waals surface area (Å²) < 4.78 is 12.5. The van der Waals surface area contributed by atoms with Gasteiger partial charge in [0.05, 0.1) is 24.8 Å². The predicted octanol–water partition coefficient (Wildman–Crippen LogP) is 7.03. The van der Waals surface area contributed by atoms with Gasteiger partial charge < -0.3 is 14.6 Å². The maximum absolute atomic E-state index is 13.6. The number of unbranched alkanes of at least 4 members (excludes halogenated alkanes) is 1. The molecule has 0 aliphatic carbocycles. The lowest BCUT2D eigenvalue weighted by atomic mass is 9.95. The van der Waals surface area contributed by atoms with Crippen LogP contribution in [0, 0.1) is 0 Å². The molecule has 42 heavy (non-hydrogen) atoms. The molecule has 216 valence electrons. The van der Waals surface area contributed by atoms with E-state index in [2.05, 4.69) is 17.1 Å². The van der Waals surface area contributed by atoms with Gasteiger partial charge in [0.1, 0.15) is 5.76 Å². The minimum absolute atomic E-state index is 0.0259. The van der Waals surface area contributed by atoms with Crippen LogP contribution in [-0.4, -0.2) is 40.2 Å². The van der Waals surface area contributed by atoms with Crippen molar-refractivity contribution in [1.29, 1.82) is 0 Å². The molecule has 0 bridgehead atoms. The Balaban J connectivity index is 1.56. The second-order valence-electron chi connectivity index (χ2n) is 9.50. The average Bonchev–Trinajstić information content (AvgIpc) is 3.59. The number of rotatable bonds is 12. The third kappa shape index (κ3) is 6.34. The smallest absolute Gasteiger partial charge is 0.301 e. The monoisotopic (exact) mass is 601 g/mol. The van der Waals surface area contributed by atoms with Crippen LogP contribution < -0.4 is 14.4 Å². The number of carbonyl (C=O) groups is 2. The Hall–Kier alpha value is -4.15. The molecule has 1 unspecified atom stereocenters. The fourth-order valence-corrected chi connectivity index (χ4v) is 6.41. The van der Waals surface area contributed by atoms with Crippen molar-refractivity contribution < 1.29 is 24.2 Å². The first-order chi connectivity index (χ1) is 20.5. The molecular formula is C32H31N3O5S2. The van der Waals surface area contributed by atoms with Gasteiger partial charge in [0.25, 0.3) is 5.78 Å². The highest BCUT2D eigenvalue weighted by Gasteiger charge is 2.48. The van der Waals surface area contributed by atoms with Crippen molar-refractivity contribution in [1.82, 2.24) is 10.2 Å². The number of benzene rings is 3. The Bertz CT molecular complexity index is 1570. The van der Waals surface area contributed by atoms with Gasteiger partial charge in [-0.1, -0.05) is 103 Å². The van der Waals surface area contributed by atoms with Gasteiger partial charge in [-0.3, -0.25) is 14.5 Å². The lowest BCUT2D eigenvalue weighted by molar-refractivity contribution is -0.132. The molecule has 0 saturated carbocycles. The molecule has 3 aromatic carbocycles. The number of ketones is 1. The van der Waals surface area contributed by atoms with E-state index in [-0.39, 0.29) is 16.5 Å². The van der Waals surface area contributed by atoms with Crippen LogP contribution in [0.2, 0.25) is 0 Å². The molecular weight excluding hydrogens is 571 g/mol. The number of hydrogen-bond acceptors (Lipinski definition) is 9. The van der Waals surface area contributed by atoms with Gasteiger partial charge in [-0.25, -0.2) is 0 Å². The Morgan fingerprint density at radius 1 is 0.952 bits per heavy atom. The quantitative estimate of drug-likeness (QED) is 0.0461. The summed E-state index contributed by atoms with van der Waals surface area (Å²) in [6.07, 6.45) is 1.88. The molecule has 8 nitrogen and oxygen atoms in total. The molecule has 1 fully saturated rings.